The predicted octanol–water partition coefficient (Wildman–Crippen LogP) is 6.87. The van der Waals surface area contributed by atoms with Crippen molar-refractivity contribution in [1.82, 2.24) is 14.8 Å². The molecule has 2 unspecified atom stereocenters. The number of carbonyl (C=O) groups excluding carboxylic acids is 1. The van der Waals surface area contributed by atoms with Crippen LogP contribution in [0, 0.1) is 0 Å². The molecule has 1 amide bonds. The van der Waals surface area contributed by atoms with Crippen LogP contribution in [0.3, 0.4) is 0 Å². The Kier molecular flexibility index (Phi) is 10.5. The highest BCUT2D eigenvalue weighted by atomic mass is 35.5. The highest BCUT2D eigenvalue weighted by molar-refractivity contribution is 8.15. The van der Waals surface area contributed by atoms with Gasteiger partial charge in [-0.3, -0.25) is 9.69 Å². The molecule has 0 radical (unpaired) electrons. The van der Waals surface area contributed by atoms with E-state index in [2.05, 4.69) is 19.8 Å². The van der Waals surface area contributed by atoms with Gasteiger partial charge < -0.3 is 19.3 Å². The number of aromatic nitrogens is 3. The summed E-state index contributed by atoms with van der Waals surface area (Å²) in [5, 5.41) is 14.6. The SMILES string of the molecule is O=C1CSC(=NC(O)OCC(F)c2ccc(-c3ncn(-c4ccc(OC(F)(F)F)cc4)n3)cc2)N1c1cc(Cl)ccc1OCC(F)(F)F. The molecule has 0 bridgehead atoms. The van der Waals surface area contributed by atoms with Gasteiger partial charge >= 0.3 is 12.5 Å². The number of amides is 1. The van der Waals surface area contributed by atoms with Gasteiger partial charge in [-0.1, -0.05) is 47.6 Å². The van der Waals surface area contributed by atoms with E-state index in [9.17, 15) is 40.6 Å². The first-order chi connectivity index (χ1) is 22.6. The van der Waals surface area contributed by atoms with Gasteiger partial charge in [0.05, 0.1) is 23.7 Å². The first-order valence-electron chi connectivity index (χ1n) is 13.5. The van der Waals surface area contributed by atoms with Crippen LogP contribution in [0.2, 0.25) is 5.02 Å². The van der Waals surface area contributed by atoms with Crippen molar-refractivity contribution >= 4 is 40.1 Å². The number of benzene rings is 3. The Labute approximate surface area is 275 Å². The number of halogens is 8. The molecule has 1 N–H and O–H groups in total. The van der Waals surface area contributed by atoms with Gasteiger partial charge in [-0.15, -0.1) is 18.3 Å². The van der Waals surface area contributed by atoms with E-state index in [-0.39, 0.29) is 38.8 Å². The Morgan fingerprint density at radius 3 is 2.40 bits per heavy atom. The molecule has 2 atom stereocenters. The quantitative estimate of drug-likeness (QED) is 0.132. The number of aliphatic imine (C=N–C) groups is 1. The zero-order valence-corrected chi connectivity index (χ0v) is 25.5. The Morgan fingerprint density at radius 2 is 1.73 bits per heavy atom. The number of hydrogen-bond acceptors (Lipinski definition) is 9. The van der Waals surface area contributed by atoms with E-state index in [0.717, 1.165) is 34.9 Å². The number of aliphatic hydroxyl groups is 1. The van der Waals surface area contributed by atoms with E-state index >= 15 is 0 Å². The van der Waals surface area contributed by atoms with Crippen LogP contribution in [0.15, 0.2) is 78.0 Å². The van der Waals surface area contributed by atoms with Gasteiger partial charge in [0, 0.05) is 10.6 Å². The number of hydrogen-bond donors (Lipinski definition) is 1. The second-order valence-corrected chi connectivity index (χ2v) is 11.1. The van der Waals surface area contributed by atoms with Crippen molar-refractivity contribution < 1.29 is 54.8 Å². The summed E-state index contributed by atoms with van der Waals surface area (Å²) in [6, 6.07) is 14.5. The van der Waals surface area contributed by atoms with Crippen LogP contribution in [-0.4, -0.2) is 68.9 Å². The molecular formula is C29H21ClF7N5O5S. The van der Waals surface area contributed by atoms with Crippen molar-refractivity contribution in [3.63, 3.8) is 0 Å². The minimum Gasteiger partial charge on any atom is -0.482 e. The molecule has 48 heavy (non-hydrogen) atoms. The minimum atomic E-state index is -4.82. The van der Waals surface area contributed by atoms with E-state index in [0.29, 0.717) is 11.3 Å². The fourth-order valence-electron chi connectivity index (χ4n) is 4.20. The van der Waals surface area contributed by atoms with E-state index in [1.807, 2.05) is 0 Å². The van der Waals surface area contributed by atoms with Crippen LogP contribution in [-0.2, 0) is 9.53 Å². The zero-order valence-electron chi connectivity index (χ0n) is 24.0. The Balaban J connectivity index is 1.20. The van der Waals surface area contributed by atoms with Gasteiger partial charge in [0.1, 0.15) is 24.0 Å². The van der Waals surface area contributed by atoms with Crippen molar-refractivity contribution in [3.05, 3.63) is 83.6 Å². The molecule has 5 rings (SSSR count). The summed E-state index contributed by atoms with van der Waals surface area (Å²) >= 11 is 6.87. The summed E-state index contributed by atoms with van der Waals surface area (Å²) in [7, 11) is 0. The van der Waals surface area contributed by atoms with Crippen molar-refractivity contribution in [2.24, 2.45) is 4.99 Å². The Bertz CT molecular complexity index is 1770. The van der Waals surface area contributed by atoms with Crippen molar-refractivity contribution in [2.75, 3.05) is 23.9 Å². The van der Waals surface area contributed by atoms with Crippen LogP contribution in [0.4, 0.5) is 36.4 Å². The van der Waals surface area contributed by atoms with E-state index < -0.39 is 50.0 Å². The Morgan fingerprint density at radius 1 is 1.02 bits per heavy atom. The third kappa shape index (κ3) is 9.15. The second kappa shape index (κ2) is 14.4. The smallest absolute Gasteiger partial charge is 0.482 e. The van der Waals surface area contributed by atoms with Crippen LogP contribution in [0.5, 0.6) is 11.5 Å². The summed E-state index contributed by atoms with van der Waals surface area (Å²) in [4.78, 5) is 21.6. The lowest BCUT2D eigenvalue weighted by Crippen LogP contribution is -2.31. The molecule has 0 spiro atoms. The standard InChI is InChI=1S/C29H21ClF7N5O5S/c30-18-5-10-23(46-14-28(32,33)34)22(11-18)42-24(43)13-48-26(42)39-27(44)45-12-21(31)16-1-3-17(4-2-16)25-38-15-41(40-25)19-6-8-20(9-7-19)47-29(35,36)37/h1-11,15,21,27,44H,12-14H2. The molecule has 1 fully saturated rings. The molecule has 254 valence electrons. The molecule has 0 aliphatic carbocycles. The zero-order chi connectivity index (χ0) is 34.6. The van der Waals surface area contributed by atoms with Gasteiger partial charge in [0.15, 0.2) is 17.6 Å². The summed E-state index contributed by atoms with van der Waals surface area (Å²) in [6.45, 7) is -2.29. The molecule has 1 aliphatic rings. The lowest BCUT2D eigenvalue weighted by atomic mass is 10.1. The van der Waals surface area contributed by atoms with Crippen molar-refractivity contribution in [3.8, 4) is 28.6 Å². The average molecular weight is 720 g/mol. The van der Waals surface area contributed by atoms with E-state index in [1.54, 1.807) is 0 Å². The fraction of sp³-hybridized carbons (Fsp3) is 0.241. The maximum absolute atomic E-state index is 15.0. The highest BCUT2D eigenvalue weighted by Crippen LogP contribution is 2.37. The normalized spacial score (nSPS) is 16.0. The molecule has 4 aromatic rings. The highest BCUT2D eigenvalue weighted by Gasteiger charge is 2.35. The summed E-state index contributed by atoms with van der Waals surface area (Å²) in [6.07, 6.45) is -11.8. The molecule has 1 aliphatic heterocycles. The predicted molar refractivity (Wildman–Crippen MR) is 160 cm³/mol. The largest absolute Gasteiger partial charge is 0.573 e. The molecule has 1 saturated heterocycles. The molecule has 3 aromatic carbocycles. The van der Waals surface area contributed by atoms with Gasteiger partial charge in [-0.05, 0) is 48.0 Å². The Hall–Kier alpha value is -4.39. The first-order valence-corrected chi connectivity index (χ1v) is 14.9. The average Bonchev–Trinajstić information content (AvgIpc) is 3.65. The summed E-state index contributed by atoms with van der Waals surface area (Å²) in [5.41, 5.74) is 0.936. The third-order valence-corrected chi connectivity index (χ3v) is 7.46. The van der Waals surface area contributed by atoms with Crippen molar-refractivity contribution in [2.45, 2.75) is 25.1 Å². The first kappa shape index (κ1) is 34.9. The molecule has 1 aromatic heterocycles. The topological polar surface area (TPSA) is 111 Å². The van der Waals surface area contributed by atoms with E-state index in [1.165, 1.54) is 59.5 Å². The monoisotopic (exact) mass is 719 g/mol. The van der Waals surface area contributed by atoms with Crippen LogP contribution in [0.25, 0.3) is 17.1 Å². The van der Waals surface area contributed by atoms with Gasteiger partial charge in [-0.25, -0.2) is 19.0 Å². The molecule has 2 heterocycles. The van der Waals surface area contributed by atoms with Crippen molar-refractivity contribution in [1.29, 1.82) is 0 Å². The summed E-state index contributed by atoms with van der Waals surface area (Å²) < 4.78 is 106. The van der Waals surface area contributed by atoms with Gasteiger partial charge in [-0.2, -0.15) is 13.2 Å². The van der Waals surface area contributed by atoms with Gasteiger partial charge in [0.2, 0.25) is 5.91 Å². The third-order valence-electron chi connectivity index (χ3n) is 6.29. The number of anilines is 1. The maximum Gasteiger partial charge on any atom is 0.573 e. The van der Waals surface area contributed by atoms with Gasteiger partial charge in [0.25, 0.3) is 6.41 Å². The lowest BCUT2D eigenvalue weighted by Gasteiger charge is -2.21. The second-order valence-electron chi connectivity index (χ2n) is 9.75. The fourth-order valence-corrected chi connectivity index (χ4v) is 5.24. The summed E-state index contributed by atoms with van der Waals surface area (Å²) in [5.74, 6) is -1.20. The number of alkyl halides is 7. The number of rotatable bonds is 11. The van der Waals surface area contributed by atoms with Crippen LogP contribution in [0.1, 0.15) is 11.7 Å². The number of aliphatic hydroxyl groups excluding tert-OH is 1. The van der Waals surface area contributed by atoms with E-state index in [4.69, 9.17) is 21.1 Å². The molecule has 0 saturated carbocycles. The minimum absolute atomic E-state index is 0.0915. The number of carbonyl (C=O) groups is 1. The molecular weight excluding hydrogens is 699 g/mol. The number of amidine groups is 1. The van der Waals surface area contributed by atoms with Crippen LogP contribution >= 0.6 is 23.4 Å². The molecule has 19 heteroatoms. The van der Waals surface area contributed by atoms with Crippen LogP contribution < -0.4 is 14.4 Å². The number of thioether (sulfide) groups is 1. The number of ether oxygens (including phenoxy) is 3. The lowest BCUT2D eigenvalue weighted by molar-refractivity contribution is -0.274. The maximum atomic E-state index is 15.0. The molecule has 10 nitrogen and oxygen atoms in total. The number of nitrogens with zero attached hydrogens (tertiary/aromatic N) is 5.